The Kier molecular flexibility index (Phi) is 16.7. The number of fused-ring (bicyclic) bond motifs is 2. The summed E-state index contributed by atoms with van der Waals surface area (Å²) in [5.41, 5.74) is 6.66. The first-order valence-corrected chi connectivity index (χ1v) is 27.5. The van der Waals surface area contributed by atoms with Crippen molar-refractivity contribution in [3.63, 3.8) is 0 Å². The molecule has 0 spiro atoms. The van der Waals surface area contributed by atoms with Gasteiger partial charge in [0.05, 0.1) is 44.2 Å². The van der Waals surface area contributed by atoms with Gasteiger partial charge in [-0.25, -0.2) is 38.3 Å². The predicted molar refractivity (Wildman–Crippen MR) is 294 cm³/mol. The van der Waals surface area contributed by atoms with Gasteiger partial charge >= 0.3 is 10.2 Å². The van der Waals surface area contributed by atoms with Gasteiger partial charge in [0.15, 0.2) is 0 Å². The first-order chi connectivity index (χ1) is 36.2. The van der Waals surface area contributed by atoms with Crippen LogP contribution in [0.25, 0.3) is 44.1 Å². The molecule has 20 nitrogen and oxygen atoms in total. The summed E-state index contributed by atoms with van der Waals surface area (Å²) in [6, 6.07) is 29.6. The predicted octanol–water partition coefficient (Wildman–Crippen LogP) is 8.17. The van der Waals surface area contributed by atoms with Crippen molar-refractivity contribution < 1.29 is 31.0 Å². The molecule has 4 N–H and O–H groups in total. The van der Waals surface area contributed by atoms with Gasteiger partial charge in [-0.15, -0.1) is 0 Å². The molecule has 8 aromatic rings. The number of hydrogen-bond acceptors (Lipinski definition) is 17. The molecular formula is C51H53Cl2N13O7S2. The molecule has 0 amide bonds. The number of rotatable bonds is 16. The number of ether oxygens (including phenoxy) is 3. The van der Waals surface area contributed by atoms with Gasteiger partial charge in [0, 0.05) is 102 Å². The van der Waals surface area contributed by atoms with E-state index < -0.39 is 20.2 Å². The fourth-order valence-electron chi connectivity index (χ4n) is 8.29. The zero-order chi connectivity index (χ0) is 52.5. The molecule has 2 aliphatic rings. The SMILES string of the molecule is COc1ncc(-c2ccc3ncnc(Nc4cccc(Cl)c4)c3c2)cc1NS(=O)(=O)CCN1CCOCC1.COc1ncc(-c2ccc3ncnc(Nc4cccc(Cl)c4)c3c2)cc1NS(=O)(=O)N1CCN(C)CC1. The van der Waals surface area contributed by atoms with Crippen molar-refractivity contribution in [2.24, 2.45) is 0 Å². The Labute approximate surface area is 444 Å². The van der Waals surface area contributed by atoms with Crippen molar-refractivity contribution >= 4 is 99.6 Å². The maximum absolute atomic E-state index is 13.1. The highest BCUT2D eigenvalue weighted by atomic mass is 35.5. The lowest BCUT2D eigenvalue weighted by molar-refractivity contribution is 0.0408. The molecule has 0 unspecified atom stereocenters. The molecule has 0 aliphatic carbocycles. The Morgan fingerprint density at radius 3 is 1.59 bits per heavy atom. The van der Waals surface area contributed by atoms with Crippen LogP contribution in [0, 0.1) is 0 Å². The molecule has 4 aromatic carbocycles. The molecule has 10 rings (SSSR count). The first kappa shape index (κ1) is 52.8. The third-order valence-electron chi connectivity index (χ3n) is 12.3. The zero-order valence-corrected chi connectivity index (χ0v) is 44.2. The summed E-state index contributed by atoms with van der Waals surface area (Å²) < 4.78 is 74.7. The third-order valence-corrected chi connectivity index (χ3v) is 15.5. The Morgan fingerprint density at radius 2 is 1.09 bits per heavy atom. The van der Waals surface area contributed by atoms with Crippen molar-refractivity contribution in [2.45, 2.75) is 0 Å². The largest absolute Gasteiger partial charge is 0.480 e. The lowest BCUT2D eigenvalue weighted by Gasteiger charge is -2.31. The first-order valence-electron chi connectivity index (χ1n) is 23.6. The van der Waals surface area contributed by atoms with Gasteiger partial charge in [-0.1, -0.05) is 47.5 Å². The van der Waals surface area contributed by atoms with Crippen molar-refractivity contribution in [2.75, 3.05) is 106 Å². The van der Waals surface area contributed by atoms with Gasteiger partial charge < -0.3 is 29.7 Å². The molecule has 390 valence electrons. The molecule has 6 heterocycles. The van der Waals surface area contributed by atoms with Crippen LogP contribution in [0.1, 0.15) is 0 Å². The number of likely N-dealkylation sites (N-methyl/N-ethyl adjacent to an activating group) is 1. The molecule has 0 saturated carbocycles. The molecule has 0 bridgehead atoms. The Morgan fingerprint density at radius 1 is 0.587 bits per heavy atom. The second kappa shape index (κ2) is 23.7. The van der Waals surface area contributed by atoms with Crippen LogP contribution in [0.5, 0.6) is 11.8 Å². The summed E-state index contributed by atoms with van der Waals surface area (Å²) in [6.07, 6.45) is 6.27. The smallest absolute Gasteiger partial charge is 0.301 e. The van der Waals surface area contributed by atoms with E-state index in [0.29, 0.717) is 78.7 Å². The summed E-state index contributed by atoms with van der Waals surface area (Å²) in [7, 11) is -2.53. The minimum atomic E-state index is -3.77. The van der Waals surface area contributed by atoms with E-state index in [1.54, 1.807) is 36.7 Å². The Bertz CT molecular complexity index is 3550. The molecule has 0 atom stereocenters. The molecule has 2 saturated heterocycles. The van der Waals surface area contributed by atoms with E-state index in [1.807, 2.05) is 79.8 Å². The molecule has 4 aromatic heterocycles. The fraction of sp³-hybridized carbons (Fsp3) is 0.255. The summed E-state index contributed by atoms with van der Waals surface area (Å²) in [4.78, 5) is 30.4. The van der Waals surface area contributed by atoms with Crippen molar-refractivity contribution in [1.29, 1.82) is 0 Å². The molecule has 0 radical (unpaired) electrons. The standard InChI is InChI=1S/C26H27ClN6O4S.C25H26ClN7O3S/c1-36-26-24(32-38(34,35)12-9-33-7-10-37-11-8-33)14-19(16-28-26)18-5-6-23-22(13-18)25(30-17-29-23)31-21-4-2-3-20(27)15-21;1-32-8-10-33(11-9-32)37(34,35)31-23-13-18(15-27-25(23)36-2)17-6-7-22-21(12-17)24(29-16-28-22)30-20-5-3-4-19(26)14-20/h2-6,13-17,32H,7-12H2,1H3,(H,29,30,31);3-7,12-16,31H,8-11H2,1-2H3,(H,28,29,30). The Hall–Kier alpha value is -7.02. The quantitative estimate of drug-likeness (QED) is 0.0715. The van der Waals surface area contributed by atoms with E-state index in [4.69, 9.17) is 37.4 Å². The van der Waals surface area contributed by atoms with Gasteiger partial charge in [0.2, 0.25) is 21.8 Å². The molecule has 2 aliphatic heterocycles. The number of pyridine rings is 2. The number of benzene rings is 4. The van der Waals surface area contributed by atoms with E-state index in [-0.39, 0.29) is 28.9 Å². The highest BCUT2D eigenvalue weighted by Gasteiger charge is 2.27. The zero-order valence-electron chi connectivity index (χ0n) is 41.1. The second-order valence-electron chi connectivity index (χ2n) is 17.4. The monoisotopic (exact) mass is 1090 g/mol. The lowest BCUT2D eigenvalue weighted by atomic mass is 10.0. The van der Waals surface area contributed by atoms with Crippen molar-refractivity contribution in [3.8, 4) is 34.0 Å². The average Bonchev–Trinajstić information content (AvgIpc) is 3.41. The fourth-order valence-corrected chi connectivity index (χ4v) is 11.0. The maximum Gasteiger partial charge on any atom is 0.301 e. The van der Waals surface area contributed by atoms with Crippen LogP contribution in [0.4, 0.5) is 34.4 Å². The van der Waals surface area contributed by atoms with Gasteiger partial charge in [0.25, 0.3) is 0 Å². The number of morpholine rings is 1. The average molecular weight is 1100 g/mol. The highest BCUT2D eigenvalue weighted by molar-refractivity contribution is 7.92. The summed E-state index contributed by atoms with van der Waals surface area (Å²) in [6.45, 7) is 5.23. The number of sulfonamides is 1. The van der Waals surface area contributed by atoms with E-state index in [2.05, 4.69) is 59.8 Å². The van der Waals surface area contributed by atoms with E-state index in [0.717, 1.165) is 57.4 Å². The Balaban J connectivity index is 0.000000184. The van der Waals surface area contributed by atoms with Gasteiger partial charge in [0.1, 0.15) is 35.7 Å². The number of halogens is 2. The molecule has 75 heavy (non-hydrogen) atoms. The van der Waals surface area contributed by atoms with Gasteiger partial charge in [-0.05, 0) is 91.0 Å². The number of piperazine rings is 1. The third kappa shape index (κ3) is 13.5. The van der Waals surface area contributed by atoms with Gasteiger partial charge in [-0.2, -0.15) is 12.7 Å². The number of aromatic nitrogens is 6. The lowest BCUT2D eigenvalue weighted by Crippen LogP contribution is -2.48. The minimum Gasteiger partial charge on any atom is -0.480 e. The van der Waals surface area contributed by atoms with E-state index in [9.17, 15) is 16.8 Å². The van der Waals surface area contributed by atoms with Crippen LogP contribution in [0.3, 0.4) is 0 Å². The van der Waals surface area contributed by atoms with Gasteiger partial charge in [-0.3, -0.25) is 14.3 Å². The van der Waals surface area contributed by atoms with Crippen LogP contribution in [0.2, 0.25) is 10.0 Å². The summed E-state index contributed by atoms with van der Waals surface area (Å²) >= 11 is 12.3. The number of nitrogens with zero attached hydrogens (tertiary/aromatic N) is 9. The molecule has 24 heteroatoms. The minimum absolute atomic E-state index is 0.0494. The van der Waals surface area contributed by atoms with Crippen molar-refractivity contribution in [3.05, 3.63) is 132 Å². The number of nitrogens with one attached hydrogen (secondary N) is 4. The van der Waals surface area contributed by atoms with Crippen molar-refractivity contribution in [1.82, 2.24) is 44.0 Å². The highest BCUT2D eigenvalue weighted by Crippen LogP contribution is 2.35. The number of hydrogen-bond donors (Lipinski definition) is 4. The molecule has 2 fully saturated rings. The van der Waals surface area contributed by atoms with Crippen LogP contribution in [0.15, 0.2) is 122 Å². The normalized spacial score (nSPS) is 14.7. The summed E-state index contributed by atoms with van der Waals surface area (Å²) in [5, 5.41) is 9.38. The van der Waals surface area contributed by atoms with Crippen LogP contribution < -0.4 is 29.6 Å². The van der Waals surface area contributed by atoms with Crippen LogP contribution in [-0.4, -0.2) is 147 Å². The van der Waals surface area contributed by atoms with Crippen LogP contribution >= 0.6 is 23.2 Å². The van der Waals surface area contributed by atoms with Crippen LogP contribution in [-0.2, 0) is 25.0 Å². The van der Waals surface area contributed by atoms with E-state index in [1.165, 1.54) is 31.2 Å². The molecular weight excluding hydrogens is 1040 g/mol. The topological polar surface area (TPSA) is 231 Å². The number of anilines is 6. The van der Waals surface area contributed by atoms with E-state index >= 15 is 0 Å². The second-order valence-corrected chi connectivity index (χ2v) is 21.8. The maximum atomic E-state index is 13.1. The number of methoxy groups -OCH3 is 2. The summed E-state index contributed by atoms with van der Waals surface area (Å²) in [5.74, 6) is 1.56.